The van der Waals surface area contributed by atoms with E-state index in [2.05, 4.69) is 4.98 Å². The van der Waals surface area contributed by atoms with Crippen LogP contribution < -0.4 is 5.56 Å². The Morgan fingerprint density at radius 1 is 0.900 bits per heavy atom. The number of amides is 1. The summed E-state index contributed by atoms with van der Waals surface area (Å²) in [7, 11) is 0. The summed E-state index contributed by atoms with van der Waals surface area (Å²) in [6.45, 7) is -2.59. The number of pyridine rings is 1. The van der Waals surface area contributed by atoms with Crippen molar-refractivity contribution in [2.24, 2.45) is 11.8 Å². The smallest absolute Gasteiger partial charge is 0.338 e. The first-order valence-corrected chi connectivity index (χ1v) is 8.66. The van der Waals surface area contributed by atoms with Crippen LogP contribution in [0.4, 0.5) is 35.1 Å². The minimum atomic E-state index is -6.31. The summed E-state index contributed by atoms with van der Waals surface area (Å²) < 4.78 is 111. The molecule has 1 aromatic heterocycles. The van der Waals surface area contributed by atoms with Crippen molar-refractivity contribution >= 4 is 16.8 Å². The van der Waals surface area contributed by atoms with Gasteiger partial charge in [0.25, 0.3) is 5.91 Å². The van der Waals surface area contributed by atoms with E-state index in [0.29, 0.717) is 4.90 Å². The minimum Gasteiger partial charge on any atom is -0.338 e. The monoisotopic (exact) mass is 440 g/mol. The highest BCUT2D eigenvalue weighted by Gasteiger charge is 2.89. The third-order valence-corrected chi connectivity index (χ3v) is 5.75. The Morgan fingerprint density at radius 3 is 1.93 bits per heavy atom. The zero-order valence-electron chi connectivity index (χ0n) is 14.7. The van der Waals surface area contributed by atoms with Crippen molar-refractivity contribution < 1.29 is 39.9 Å². The van der Waals surface area contributed by atoms with Gasteiger partial charge in [0.1, 0.15) is 0 Å². The fourth-order valence-electron chi connectivity index (χ4n) is 4.14. The van der Waals surface area contributed by atoms with Crippen molar-refractivity contribution in [3.63, 3.8) is 0 Å². The molecule has 30 heavy (non-hydrogen) atoms. The van der Waals surface area contributed by atoms with Gasteiger partial charge in [-0.2, -0.15) is 35.1 Å². The van der Waals surface area contributed by atoms with Crippen LogP contribution in [-0.4, -0.2) is 52.6 Å². The number of nitrogens with one attached hydrogen (secondary N) is 1. The van der Waals surface area contributed by atoms with Gasteiger partial charge in [-0.3, -0.25) is 9.59 Å². The van der Waals surface area contributed by atoms with E-state index in [1.165, 1.54) is 24.3 Å². The van der Waals surface area contributed by atoms with E-state index in [0.717, 1.165) is 6.07 Å². The number of likely N-dealkylation sites (tertiary alicyclic amines) is 1. The number of carbonyl (C=O) groups is 1. The Hall–Kier alpha value is -2.66. The molecule has 2 heterocycles. The largest absolute Gasteiger partial charge is 0.378 e. The van der Waals surface area contributed by atoms with Crippen molar-refractivity contribution in [2.45, 2.75) is 23.7 Å². The van der Waals surface area contributed by atoms with Crippen molar-refractivity contribution in [3.8, 4) is 0 Å². The molecule has 1 saturated carbocycles. The van der Waals surface area contributed by atoms with Gasteiger partial charge in [-0.1, -0.05) is 18.2 Å². The first kappa shape index (κ1) is 20.6. The van der Waals surface area contributed by atoms with Gasteiger partial charge in [-0.15, -0.1) is 0 Å². The number of hydrogen-bond acceptors (Lipinski definition) is 2. The predicted octanol–water partition coefficient (Wildman–Crippen LogP) is 3.77. The van der Waals surface area contributed by atoms with E-state index >= 15 is 0 Å². The van der Waals surface area contributed by atoms with Crippen LogP contribution in [-0.2, 0) is 0 Å². The number of rotatable bonds is 1. The lowest BCUT2D eigenvalue weighted by atomic mass is 9.71. The SMILES string of the molecule is O=C(c1cc(=O)[nH]c2ccccc12)N1CC2C(C1)C(F)(F)C(F)(F)C(F)(F)C2(F)F. The molecule has 1 amide bonds. The van der Waals surface area contributed by atoms with Crippen LogP contribution in [0.2, 0.25) is 0 Å². The number of H-pyrrole nitrogens is 1. The fraction of sp³-hybridized carbons (Fsp3) is 0.444. The van der Waals surface area contributed by atoms with Crippen LogP contribution >= 0.6 is 0 Å². The first-order chi connectivity index (χ1) is 13.7. The lowest BCUT2D eigenvalue weighted by Crippen LogP contribution is -2.72. The van der Waals surface area contributed by atoms with Gasteiger partial charge in [0, 0.05) is 30.1 Å². The normalized spacial score (nSPS) is 28.3. The zero-order chi connectivity index (χ0) is 22.3. The molecule has 1 aliphatic heterocycles. The van der Waals surface area contributed by atoms with Crippen LogP contribution in [0.1, 0.15) is 10.4 Å². The highest BCUT2D eigenvalue weighted by atomic mass is 19.4. The number of benzene rings is 1. The lowest BCUT2D eigenvalue weighted by Gasteiger charge is -2.47. The molecule has 4 nitrogen and oxygen atoms in total. The van der Waals surface area contributed by atoms with Gasteiger partial charge in [0.15, 0.2) is 0 Å². The number of aromatic nitrogens is 1. The van der Waals surface area contributed by atoms with Crippen LogP contribution in [0.5, 0.6) is 0 Å². The second-order valence-corrected chi connectivity index (χ2v) is 7.41. The molecule has 2 fully saturated rings. The van der Waals surface area contributed by atoms with E-state index in [1.54, 1.807) is 0 Å². The van der Waals surface area contributed by atoms with E-state index in [-0.39, 0.29) is 16.5 Å². The highest BCUT2D eigenvalue weighted by molar-refractivity contribution is 6.06. The molecule has 2 aliphatic rings. The Labute approximate surface area is 162 Å². The van der Waals surface area contributed by atoms with Gasteiger partial charge < -0.3 is 9.88 Å². The fourth-order valence-corrected chi connectivity index (χ4v) is 4.14. The van der Waals surface area contributed by atoms with Crippen molar-refractivity contribution in [3.05, 3.63) is 46.2 Å². The van der Waals surface area contributed by atoms with E-state index < -0.39 is 60.1 Å². The molecule has 0 bridgehead atoms. The van der Waals surface area contributed by atoms with Gasteiger partial charge in [-0.25, -0.2) is 0 Å². The first-order valence-electron chi connectivity index (χ1n) is 8.66. The summed E-state index contributed by atoms with van der Waals surface area (Å²) in [5, 5.41) is 0.145. The van der Waals surface area contributed by atoms with Crippen molar-refractivity contribution in [2.75, 3.05) is 13.1 Å². The molecular formula is C18H12F8N2O2. The molecule has 2 atom stereocenters. The summed E-state index contributed by atoms with van der Waals surface area (Å²) in [6.07, 6.45) is 0. The summed E-state index contributed by atoms with van der Waals surface area (Å²) in [5.74, 6) is -30.5. The van der Waals surface area contributed by atoms with Crippen molar-refractivity contribution in [1.29, 1.82) is 0 Å². The zero-order valence-corrected chi connectivity index (χ0v) is 14.7. The van der Waals surface area contributed by atoms with Gasteiger partial charge >= 0.3 is 23.7 Å². The molecule has 0 radical (unpaired) electrons. The van der Waals surface area contributed by atoms with Crippen LogP contribution in [0.25, 0.3) is 10.9 Å². The number of carbonyl (C=O) groups excluding carboxylic acids is 1. The molecule has 1 N–H and O–H groups in total. The molecule has 0 spiro atoms. The Bertz CT molecular complexity index is 1060. The molecule has 162 valence electrons. The summed E-state index contributed by atoms with van der Waals surface area (Å²) in [6, 6.07) is 6.59. The molecule has 2 aromatic rings. The third kappa shape index (κ3) is 2.38. The average molecular weight is 440 g/mol. The summed E-state index contributed by atoms with van der Waals surface area (Å²) in [5.41, 5.74) is -0.931. The highest BCUT2D eigenvalue weighted by Crippen LogP contribution is 2.65. The Morgan fingerprint density at radius 2 is 1.40 bits per heavy atom. The quantitative estimate of drug-likeness (QED) is 0.687. The average Bonchev–Trinajstić information content (AvgIpc) is 3.12. The molecule has 12 heteroatoms. The second kappa shape index (κ2) is 5.94. The number of hydrogen-bond donors (Lipinski definition) is 1. The third-order valence-electron chi connectivity index (χ3n) is 5.75. The van der Waals surface area contributed by atoms with E-state index in [1.807, 2.05) is 0 Å². The number of fused-ring (bicyclic) bond motifs is 2. The molecule has 1 saturated heterocycles. The standard InChI is InChI=1S/C18H12F8N2O2/c19-15(20)10-6-28(7-11(10)16(21,22)18(25,26)17(15,23)24)14(30)9-5-13(29)27-12-4-2-1-3-8(9)12/h1-5,10-11H,6-7H2,(H,27,29). The Kier molecular flexibility index (Phi) is 4.08. The van der Waals surface area contributed by atoms with Crippen LogP contribution in [0, 0.1) is 11.8 Å². The number of alkyl halides is 8. The van der Waals surface area contributed by atoms with Gasteiger partial charge in [0.2, 0.25) is 5.56 Å². The maximum Gasteiger partial charge on any atom is 0.378 e. The molecule has 1 aliphatic carbocycles. The molecule has 2 unspecified atom stereocenters. The van der Waals surface area contributed by atoms with Gasteiger partial charge in [-0.05, 0) is 6.07 Å². The van der Waals surface area contributed by atoms with Crippen LogP contribution in [0.15, 0.2) is 35.1 Å². The molecule has 4 rings (SSSR count). The van der Waals surface area contributed by atoms with Crippen molar-refractivity contribution in [1.82, 2.24) is 9.88 Å². The maximum absolute atomic E-state index is 14.2. The second-order valence-electron chi connectivity index (χ2n) is 7.41. The number of halogens is 8. The molecular weight excluding hydrogens is 428 g/mol. The van der Waals surface area contributed by atoms with E-state index in [9.17, 15) is 44.7 Å². The number of para-hydroxylation sites is 1. The molecule has 1 aromatic carbocycles. The predicted molar refractivity (Wildman–Crippen MR) is 87.2 cm³/mol. The lowest BCUT2D eigenvalue weighted by molar-refractivity contribution is -0.418. The summed E-state index contributed by atoms with van der Waals surface area (Å²) >= 11 is 0. The number of nitrogens with zero attached hydrogens (tertiary/aromatic N) is 1. The minimum absolute atomic E-state index is 0.145. The van der Waals surface area contributed by atoms with Crippen LogP contribution in [0.3, 0.4) is 0 Å². The Balaban J connectivity index is 1.78. The maximum atomic E-state index is 14.2. The topological polar surface area (TPSA) is 53.2 Å². The van der Waals surface area contributed by atoms with Gasteiger partial charge in [0.05, 0.1) is 17.4 Å². The number of aromatic amines is 1. The van der Waals surface area contributed by atoms with E-state index in [4.69, 9.17) is 0 Å². The summed E-state index contributed by atoms with van der Waals surface area (Å²) in [4.78, 5) is 27.4.